The van der Waals surface area contributed by atoms with Gasteiger partial charge in [-0.3, -0.25) is 5.10 Å². The summed E-state index contributed by atoms with van der Waals surface area (Å²) in [4.78, 5) is 11.5. The van der Waals surface area contributed by atoms with Gasteiger partial charge in [0.1, 0.15) is 11.6 Å². The van der Waals surface area contributed by atoms with Crippen LogP contribution in [0.2, 0.25) is 0 Å². The molecule has 1 aliphatic rings. The molecule has 190 valence electrons. The number of nitrogens with one attached hydrogen (secondary N) is 1. The molecule has 0 aromatic carbocycles. The van der Waals surface area contributed by atoms with Gasteiger partial charge < -0.3 is 20.1 Å². The molecule has 0 radical (unpaired) electrons. The number of fused-ring (bicyclic) bond motifs is 3. The highest BCUT2D eigenvalue weighted by Crippen LogP contribution is 2.34. The first-order chi connectivity index (χ1) is 18.0. The molecule has 0 saturated carbocycles. The molecule has 1 saturated heterocycles. The zero-order valence-corrected chi connectivity index (χ0v) is 21.0. The summed E-state index contributed by atoms with van der Waals surface area (Å²) < 4.78 is 12.8. The second kappa shape index (κ2) is 9.36. The first-order valence-electron chi connectivity index (χ1n) is 12.5. The van der Waals surface area contributed by atoms with Crippen LogP contribution in [0, 0.1) is 0 Å². The van der Waals surface area contributed by atoms with E-state index in [9.17, 15) is 0 Å². The molecule has 0 atom stereocenters. The summed E-state index contributed by atoms with van der Waals surface area (Å²) in [5.74, 6) is 2.33. The summed E-state index contributed by atoms with van der Waals surface area (Å²) in [6.45, 7) is 4.26. The molecule has 37 heavy (non-hydrogen) atoms. The zero-order chi connectivity index (χ0) is 25.4. The van der Waals surface area contributed by atoms with E-state index >= 15 is 0 Å². The van der Waals surface area contributed by atoms with Crippen molar-refractivity contribution < 1.29 is 9.47 Å². The van der Waals surface area contributed by atoms with E-state index in [1.54, 1.807) is 13.3 Å². The second-order valence-corrected chi connectivity index (χ2v) is 9.59. The summed E-state index contributed by atoms with van der Waals surface area (Å²) in [7, 11) is 1.62. The fourth-order valence-corrected chi connectivity index (χ4v) is 5.14. The normalized spacial score (nSPS) is 15.4. The van der Waals surface area contributed by atoms with Crippen molar-refractivity contribution in [2.75, 3.05) is 31.7 Å². The number of piperidine rings is 1. The lowest BCUT2D eigenvalue weighted by Crippen LogP contribution is -2.52. The Morgan fingerprint density at radius 2 is 1.95 bits per heavy atom. The average Bonchev–Trinajstić information content (AvgIpc) is 3.51. The van der Waals surface area contributed by atoms with E-state index < -0.39 is 0 Å². The zero-order valence-electron chi connectivity index (χ0n) is 21.0. The van der Waals surface area contributed by atoms with Crippen molar-refractivity contribution >= 4 is 22.4 Å². The second-order valence-electron chi connectivity index (χ2n) is 9.59. The summed E-state index contributed by atoms with van der Waals surface area (Å²) in [5.41, 5.74) is 11.4. The van der Waals surface area contributed by atoms with Gasteiger partial charge in [0, 0.05) is 48.2 Å². The number of hydrogen-bond donors (Lipinski definition) is 2. The lowest BCUT2D eigenvalue weighted by Gasteiger charge is -2.40. The predicted molar refractivity (Wildman–Crippen MR) is 142 cm³/mol. The van der Waals surface area contributed by atoms with Gasteiger partial charge in [-0.1, -0.05) is 6.07 Å². The van der Waals surface area contributed by atoms with E-state index in [2.05, 4.69) is 37.3 Å². The maximum atomic E-state index is 6.79. The Balaban J connectivity index is 1.21. The SMILES string of the molecule is CCOc1cc(-c2ccc(N3CCC(N)(Cc4ccc(OC)nc4)CC3)nc2)c2c3cn[nH]c3nn2c1. The molecule has 1 aliphatic heterocycles. The van der Waals surface area contributed by atoms with Crippen LogP contribution in [0.1, 0.15) is 25.3 Å². The Bertz CT molecular complexity index is 1520. The molecule has 0 unspecified atom stereocenters. The Labute approximate surface area is 214 Å². The third kappa shape index (κ3) is 4.44. The highest BCUT2D eigenvalue weighted by atomic mass is 16.5. The first-order valence-corrected chi connectivity index (χ1v) is 12.5. The van der Waals surface area contributed by atoms with Crippen molar-refractivity contribution in [2.45, 2.75) is 31.7 Å². The molecule has 0 spiro atoms. The van der Waals surface area contributed by atoms with Crippen molar-refractivity contribution in [3.05, 3.63) is 60.7 Å². The third-order valence-corrected chi connectivity index (χ3v) is 7.12. The molecule has 1 fully saturated rings. The van der Waals surface area contributed by atoms with Crippen molar-refractivity contribution in [2.24, 2.45) is 5.73 Å². The third-order valence-electron chi connectivity index (χ3n) is 7.12. The summed E-state index contributed by atoms with van der Waals surface area (Å²) in [5, 5.41) is 12.7. The number of aromatic nitrogens is 6. The van der Waals surface area contributed by atoms with Crippen LogP contribution in [0.5, 0.6) is 11.6 Å². The molecular weight excluding hydrogens is 468 g/mol. The number of pyridine rings is 3. The number of anilines is 1. The largest absolute Gasteiger partial charge is 0.492 e. The molecule has 3 N–H and O–H groups in total. The van der Waals surface area contributed by atoms with Crippen LogP contribution in [0.25, 0.3) is 27.7 Å². The lowest BCUT2D eigenvalue weighted by atomic mass is 9.83. The van der Waals surface area contributed by atoms with E-state index in [0.717, 1.165) is 77.2 Å². The van der Waals surface area contributed by atoms with E-state index in [-0.39, 0.29) is 5.54 Å². The molecule has 10 heteroatoms. The van der Waals surface area contributed by atoms with Gasteiger partial charge in [-0.25, -0.2) is 14.5 Å². The average molecular weight is 499 g/mol. The fraction of sp³-hybridized carbons (Fsp3) is 0.333. The molecule has 10 nitrogen and oxygen atoms in total. The van der Waals surface area contributed by atoms with E-state index in [1.807, 2.05) is 48.2 Å². The predicted octanol–water partition coefficient (Wildman–Crippen LogP) is 3.62. The van der Waals surface area contributed by atoms with Gasteiger partial charge in [0.05, 0.1) is 37.0 Å². The van der Waals surface area contributed by atoms with Gasteiger partial charge in [0.2, 0.25) is 5.88 Å². The smallest absolute Gasteiger partial charge is 0.212 e. The number of ether oxygens (including phenoxy) is 2. The van der Waals surface area contributed by atoms with Crippen molar-refractivity contribution in [3.63, 3.8) is 0 Å². The fourth-order valence-electron chi connectivity index (χ4n) is 5.14. The topological polar surface area (TPSA) is 119 Å². The first kappa shape index (κ1) is 23.2. The molecule has 5 aromatic heterocycles. The number of rotatable bonds is 7. The minimum atomic E-state index is -0.254. The quantitative estimate of drug-likeness (QED) is 0.349. The maximum absolute atomic E-state index is 6.79. The van der Waals surface area contributed by atoms with Gasteiger partial charge in [-0.2, -0.15) is 5.10 Å². The van der Waals surface area contributed by atoms with Crippen LogP contribution >= 0.6 is 0 Å². The van der Waals surface area contributed by atoms with Crippen molar-refractivity contribution in [3.8, 4) is 22.8 Å². The van der Waals surface area contributed by atoms with Crippen molar-refractivity contribution in [1.82, 2.24) is 29.8 Å². The van der Waals surface area contributed by atoms with Gasteiger partial charge in [-0.15, -0.1) is 5.10 Å². The molecule has 5 aromatic rings. The van der Waals surface area contributed by atoms with Crippen LogP contribution in [0.3, 0.4) is 0 Å². The Morgan fingerprint density at radius 3 is 2.65 bits per heavy atom. The highest BCUT2D eigenvalue weighted by Gasteiger charge is 2.31. The minimum Gasteiger partial charge on any atom is -0.492 e. The lowest BCUT2D eigenvalue weighted by molar-refractivity contribution is 0.329. The van der Waals surface area contributed by atoms with Gasteiger partial charge in [-0.05, 0) is 49.9 Å². The molecule has 0 aliphatic carbocycles. The molecular formula is C27H30N8O2. The van der Waals surface area contributed by atoms with Crippen LogP contribution in [-0.2, 0) is 6.42 Å². The number of nitrogens with two attached hydrogens (primary N) is 1. The highest BCUT2D eigenvalue weighted by molar-refractivity contribution is 6.00. The molecule has 6 rings (SSSR count). The maximum Gasteiger partial charge on any atom is 0.212 e. The summed E-state index contributed by atoms with van der Waals surface area (Å²) in [6.07, 6.45) is 10.0. The Morgan fingerprint density at radius 1 is 1.08 bits per heavy atom. The summed E-state index contributed by atoms with van der Waals surface area (Å²) in [6, 6.07) is 10.2. The van der Waals surface area contributed by atoms with Crippen LogP contribution in [-0.4, -0.2) is 62.1 Å². The minimum absolute atomic E-state index is 0.254. The number of nitrogens with zero attached hydrogens (tertiary/aromatic N) is 6. The van der Waals surface area contributed by atoms with Gasteiger partial charge >= 0.3 is 0 Å². The van der Waals surface area contributed by atoms with E-state index in [1.165, 1.54) is 0 Å². The van der Waals surface area contributed by atoms with E-state index in [4.69, 9.17) is 20.2 Å². The van der Waals surface area contributed by atoms with Gasteiger partial charge in [0.25, 0.3) is 0 Å². The number of H-pyrrole nitrogens is 1. The van der Waals surface area contributed by atoms with Crippen LogP contribution in [0.4, 0.5) is 5.82 Å². The van der Waals surface area contributed by atoms with E-state index in [0.29, 0.717) is 12.5 Å². The molecule has 0 bridgehead atoms. The standard InChI is InChI=1S/C27H30N8O2/c1-3-37-20-12-21(25-22-16-31-32-26(22)33-35(25)17-20)19-5-6-23(29-15-19)34-10-8-27(28,9-11-34)13-18-4-7-24(36-2)30-14-18/h4-7,12,14-17H,3,8-11,13,28H2,1-2H3,(H,32,33). The summed E-state index contributed by atoms with van der Waals surface area (Å²) >= 11 is 0. The molecule has 0 amide bonds. The van der Waals surface area contributed by atoms with Crippen LogP contribution in [0.15, 0.2) is 55.1 Å². The van der Waals surface area contributed by atoms with Crippen molar-refractivity contribution in [1.29, 1.82) is 0 Å². The number of hydrogen-bond acceptors (Lipinski definition) is 8. The monoisotopic (exact) mass is 498 g/mol. The Hall–Kier alpha value is -4.18. The molecule has 6 heterocycles. The Kier molecular flexibility index (Phi) is 5.88. The number of methoxy groups -OCH3 is 1. The number of aromatic amines is 1. The van der Waals surface area contributed by atoms with Gasteiger partial charge in [0.15, 0.2) is 5.65 Å². The van der Waals surface area contributed by atoms with Crippen LogP contribution < -0.4 is 20.1 Å².